The molecule has 5 heteroatoms. The van der Waals surface area contributed by atoms with Crippen LogP contribution in [0.2, 0.25) is 0 Å². The van der Waals surface area contributed by atoms with Gasteiger partial charge in [-0.3, -0.25) is 10.1 Å². The minimum atomic E-state index is -0.408. The molecule has 0 unspecified atom stereocenters. The summed E-state index contributed by atoms with van der Waals surface area (Å²) in [5, 5.41) is 10.8. The van der Waals surface area contributed by atoms with Crippen LogP contribution in [0.4, 0.5) is 5.69 Å². The van der Waals surface area contributed by atoms with Crippen LogP contribution in [0.15, 0.2) is 42.5 Å². The second kappa shape index (κ2) is 6.85. The average Bonchev–Trinajstić information content (AvgIpc) is 2.47. The Morgan fingerprint density at radius 1 is 1.24 bits per heavy atom. The van der Waals surface area contributed by atoms with Gasteiger partial charge in [-0.1, -0.05) is 29.8 Å². The van der Waals surface area contributed by atoms with Crippen LogP contribution in [0.5, 0.6) is 5.75 Å². The minimum absolute atomic E-state index is 0.0715. The van der Waals surface area contributed by atoms with Gasteiger partial charge in [-0.15, -0.1) is 0 Å². The van der Waals surface area contributed by atoms with Crippen LogP contribution >= 0.6 is 0 Å². The summed E-state index contributed by atoms with van der Waals surface area (Å²) in [6, 6.07) is 12.4. The molecule has 0 aliphatic carbocycles. The lowest BCUT2D eigenvalue weighted by Crippen LogP contribution is -2.06. The fourth-order valence-electron chi connectivity index (χ4n) is 2.12. The molecule has 0 aliphatic rings. The Hall–Kier alpha value is -2.40. The summed E-state index contributed by atoms with van der Waals surface area (Å²) in [6.45, 7) is 2.86. The number of rotatable bonds is 6. The average molecular weight is 286 g/mol. The fourth-order valence-corrected chi connectivity index (χ4v) is 2.12. The Morgan fingerprint density at radius 3 is 2.76 bits per heavy atom. The summed E-state index contributed by atoms with van der Waals surface area (Å²) in [7, 11) is 0. The maximum absolute atomic E-state index is 10.8. The standard InChI is InChI=1S/C16H18N2O3/c1-12-5-6-16(14(9-12)7-8-17)21-11-13-3-2-4-15(10-13)18(19)20/h2-6,9-10H,7-8,11,17H2,1H3. The first-order valence-electron chi connectivity index (χ1n) is 6.76. The van der Waals surface area contributed by atoms with Crippen molar-refractivity contribution in [1.82, 2.24) is 0 Å². The molecule has 0 amide bonds. The fraction of sp³-hybridized carbons (Fsp3) is 0.250. The van der Waals surface area contributed by atoms with Crippen LogP contribution in [0.3, 0.4) is 0 Å². The SMILES string of the molecule is Cc1ccc(OCc2cccc([N+](=O)[O-])c2)c(CCN)c1. The molecular weight excluding hydrogens is 268 g/mol. The van der Waals surface area contributed by atoms with E-state index in [1.165, 1.54) is 12.1 Å². The van der Waals surface area contributed by atoms with Crippen LogP contribution in [0, 0.1) is 17.0 Å². The molecule has 2 N–H and O–H groups in total. The summed E-state index contributed by atoms with van der Waals surface area (Å²) in [5.41, 5.74) is 8.66. The smallest absolute Gasteiger partial charge is 0.269 e. The topological polar surface area (TPSA) is 78.4 Å². The number of non-ortho nitro benzene ring substituents is 1. The van der Waals surface area contributed by atoms with E-state index >= 15 is 0 Å². The van der Waals surface area contributed by atoms with Gasteiger partial charge in [-0.05, 0) is 37.1 Å². The van der Waals surface area contributed by atoms with Crippen LogP contribution in [0.1, 0.15) is 16.7 Å². The second-order valence-corrected chi connectivity index (χ2v) is 4.87. The van der Waals surface area contributed by atoms with E-state index < -0.39 is 4.92 Å². The number of nitrogens with two attached hydrogens (primary N) is 1. The highest BCUT2D eigenvalue weighted by molar-refractivity contribution is 5.38. The van der Waals surface area contributed by atoms with Gasteiger partial charge in [-0.2, -0.15) is 0 Å². The Balaban J connectivity index is 2.12. The number of nitrogens with zero attached hydrogens (tertiary/aromatic N) is 1. The van der Waals surface area contributed by atoms with E-state index in [2.05, 4.69) is 6.07 Å². The molecule has 0 saturated carbocycles. The first-order valence-corrected chi connectivity index (χ1v) is 6.76. The highest BCUT2D eigenvalue weighted by atomic mass is 16.6. The van der Waals surface area contributed by atoms with Crippen molar-refractivity contribution in [3.8, 4) is 5.75 Å². The molecule has 0 aliphatic heterocycles. The molecule has 21 heavy (non-hydrogen) atoms. The van der Waals surface area contributed by atoms with Gasteiger partial charge in [0.05, 0.1) is 4.92 Å². The minimum Gasteiger partial charge on any atom is -0.489 e. The summed E-state index contributed by atoms with van der Waals surface area (Å²) in [6.07, 6.45) is 0.742. The molecule has 2 aromatic rings. The van der Waals surface area contributed by atoms with E-state index in [0.29, 0.717) is 13.2 Å². The van der Waals surface area contributed by atoms with Crippen LogP contribution in [-0.2, 0) is 13.0 Å². The van der Waals surface area contributed by atoms with Crippen molar-refractivity contribution in [1.29, 1.82) is 0 Å². The molecule has 0 radical (unpaired) electrons. The number of benzene rings is 2. The molecule has 0 heterocycles. The van der Waals surface area contributed by atoms with E-state index in [-0.39, 0.29) is 5.69 Å². The van der Waals surface area contributed by atoms with Crippen LogP contribution < -0.4 is 10.5 Å². The normalized spacial score (nSPS) is 10.4. The number of nitro groups is 1. The monoisotopic (exact) mass is 286 g/mol. The van der Waals surface area contributed by atoms with Crippen molar-refractivity contribution in [2.75, 3.05) is 6.54 Å². The third-order valence-electron chi connectivity index (χ3n) is 3.15. The summed E-state index contributed by atoms with van der Waals surface area (Å²) in [4.78, 5) is 10.3. The third-order valence-corrected chi connectivity index (χ3v) is 3.15. The van der Waals surface area contributed by atoms with Gasteiger partial charge in [0.25, 0.3) is 5.69 Å². The Labute approximate surface area is 123 Å². The maximum atomic E-state index is 10.8. The molecule has 0 aromatic heterocycles. The van der Waals surface area contributed by atoms with Crippen LogP contribution in [0.25, 0.3) is 0 Å². The lowest BCUT2D eigenvalue weighted by atomic mass is 10.1. The van der Waals surface area contributed by atoms with Crippen molar-refractivity contribution in [2.45, 2.75) is 20.0 Å². The first-order chi connectivity index (χ1) is 10.1. The molecule has 2 aromatic carbocycles. The van der Waals surface area contributed by atoms with E-state index in [4.69, 9.17) is 10.5 Å². The maximum Gasteiger partial charge on any atom is 0.269 e. The highest BCUT2D eigenvalue weighted by Crippen LogP contribution is 2.22. The predicted octanol–water partition coefficient (Wildman–Crippen LogP) is 2.98. The Kier molecular flexibility index (Phi) is 4.90. The van der Waals surface area contributed by atoms with Gasteiger partial charge in [0.15, 0.2) is 0 Å². The lowest BCUT2D eigenvalue weighted by Gasteiger charge is -2.12. The Morgan fingerprint density at radius 2 is 2.05 bits per heavy atom. The van der Waals surface area contributed by atoms with Gasteiger partial charge in [0, 0.05) is 12.1 Å². The second-order valence-electron chi connectivity index (χ2n) is 4.87. The zero-order valence-electron chi connectivity index (χ0n) is 11.9. The first kappa shape index (κ1) is 15.0. The zero-order chi connectivity index (χ0) is 15.2. The highest BCUT2D eigenvalue weighted by Gasteiger charge is 2.08. The quantitative estimate of drug-likeness (QED) is 0.654. The molecule has 5 nitrogen and oxygen atoms in total. The zero-order valence-corrected chi connectivity index (χ0v) is 11.9. The van der Waals surface area contributed by atoms with Crippen LogP contribution in [-0.4, -0.2) is 11.5 Å². The molecular formula is C16H18N2O3. The molecule has 110 valence electrons. The molecule has 0 saturated heterocycles. The summed E-state index contributed by atoms with van der Waals surface area (Å²) in [5.74, 6) is 0.776. The number of aryl methyl sites for hydroxylation is 1. The van der Waals surface area contributed by atoms with Gasteiger partial charge < -0.3 is 10.5 Å². The Bertz CT molecular complexity index is 641. The van der Waals surface area contributed by atoms with E-state index in [9.17, 15) is 10.1 Å². The molecule has 0 atom stereocenters. The number of hydrogen-bond donors (Lipinski definition) is 1. The molecule has 0 fully saturated rings. The van der Waals surface area contributed by atoms with Crippen molar-refractivity contribution >= 4 is 5.69 Å². The molecule has 0 bridgehead atoms. The van der Waals surface area contributed by atoms with Gasteiger partial charge >= 0.3 is 0 Å². The van der Waals surface area contributed by atoms with Crippen molar-refractivity contribution in [2.24, 2.45) is 5.73 Å². The van der Waals surface area contributed by atoms with Crippen molar-refractivity contribution < 1.29 is 9.66 Å². The van der Waals surface area contributed by atoms with E-state index in [1.54, 1.807) is 6.07 Å². The predicted molar refractivity (Wildman–Crippen MR) is 81.4 cm³/mol. The number of nitro benzene ring substituents is 1. The summed E-state index contributed by atoms with van der Waals surface area (Å²) >= 11 is 0. The third kappa shape index (κ3) is 4.03. The van der Waals surface area contributed by atoms with Crippen molar-refractivity contribution in [3.63, 3.8) is 0 Å². The lowest BCUT2D eigenvalue weighted by molar-refractivity contribution is -0.384. The van der Waals surface area contributed by atoms with Crippen molar-refractivity contribution in [3.05, 3.63) is 69.3 Å². The molecule has 0 spiro atoms. The number of ether oxygens (including phenoxy) is 1. The van der Waals surface area contributed by atoms with Gasteiger partial charge in [0.2, 0.25) is 0 Å². The van der Waals surface area contributed by atoms with Gasteiger partial charge in [-0.25, -0.2) is 0 Å². The van der Waals surface area contributed by atoms with E-state index in [0.717, 1.165) is 28.9 Å². The molecule has 2 rings (SSSR count). The van der Waals surface area contributed by atoms with E-state index in [1.807, 2.05) is 25.1 Å². The number of hydrogen-bond acceptors (Lipinski definition) is 4. The summed E-state index contributed by atoms with van der Waals surface area (Å²) < 4.78 is 5.79. The largest absolute Gasteiger partial charge is 0.489 e. The van der Waals surface area contributed by atoms with Gasteiger partial charge in [0.1, 0.15) is 12.4 Å².